The van der Waals surface area contributed by atoms with E-state index in [0.29, 0.717) is 11.6 Å². The minimum absolute atomic E-state index is 0.330. The molecule has 0 rings (SSSR count). The molecule has 0 fully saturated rings. The van der Waals surface area contributed by atoms with E-state index < -0.39 is 0 Å². The summed E-state index contributed by atoms with van der Waals surface area (Å²) in [6, 6.07) is 0. The van der Waals surface area contributed by atoms with Gasteiger partial charge in [0.1, 0.15) is 5.76 Å². The van der Waals surface area contributed by atoms with Crippen LogP contribution in [-0.4, -0.2) is 25.3 Å². The summed E-state index contributed by atoms with van der Waals surface area (Å²) < 4.78 is 5.14. The molecule has 0 bridgehead atoms. The van der Waals surface area contributed by atoms with Crippen molar-refractivity contribution in [3.05, 3.63) is 37.0 Å². The van der Waals surface area contributed by atoms with Gasteiger partial charge in [-0.25, -0.2) is 4.99 Å². The Morgan fingerprint density at radius 1 is 1.38 bits per heavy atom. The van der Waals surface area contributed by atoms with Gasteiger partial charge in [0.25, 0.3) is 0 Å². The fraction of sp³-hybridized carbons (Fsp3) is 0.300. The highest BCUT2D eigenvalue weighted by molar-refractivity contribution is 5.55. The molecule has 0 atom stereocenters. The van der Waals surface area contributed by atoms with Crippen molar-refractivity contribution in [1.82, 2.24) is 4.90 Å². The molecular formula is C10H16N2O. The first kappa shape index (κ1) is 11.5. The molecule has 0 heterocycles. The van der Waals surface area contributed by atoms with Gasteiger partial charge in [0.15, 0.2) is 0 Å². The van der Waals surface area contributed by atoms with Crippen LogP contribution in [0.3, 0.4) is 0 Å². The van der Waals surface area contributed by atoms with Gasteiger partial charge in [0.2, 0.25) is 5.88 Å². The quantitative estimate of drug-likeness (QED) is 0.280. The van der Waals surface area contributed by atoms with E-state index in [1.165, 1.54) is 0 Å². The number of rotatable bonds is 5. The summed E-state index contributed by atoms with van der Waals surface area (Å²) in [6.45, 7) is 9.15. The first-order valence-corrected chi connectivity index (χ1v) is 3.95. The Labute approximate surface area is 79.7 Å². The van der Waals surface area contributed by atoms with Crippen LogP contribution >= 0.6 is 0 Å². The summed E-state index contributed by atoms with van der Waals surface area (Å²) in [7, 11) is 3.75. The number of hydrogen-bond donors (Lipinski definition) is 0. The summed E-state index contributed by atoms with van der Waals surface area (Å²) in [5, 5.41) is 0. The third kappa shape index (κ3) is 6.87. The van der Waals surface area contributed by atoms with Crippen molar-refractivity contribution in [2.45, 2.75) is 6.92 Å². The van der Waals surface area contributed by atoms with Gasteiger partial charge < -0.3 is 9.64 Å². The predicted octanol–water partition coefficient (Wildman–Crippen LogP) is 2.15. The molecule has 0 aromatic rings. The van der Waals surface area contributed by atoms with Crippen LogP contribution in [0.25, 0.3) is 0 Å². The summed E-state index contributed by atoms with van der Waals surface area (Å²) in [6.07, 6.45) is 5.20. The van der Waals surface area contributed by atoms with Crippen LogP contribution in [-0.2, 0) is 4.74 Å². The third-order valence-electron chi connectivity index (χ3n) is 1.03. The number of hydrogen-bond acceptors (Lipinski definition) is 2. The van der Waals surface area contributed by atoms with Gasteiger partial charge in [-0.3, -0.25) is 0 Å². The Bertz CT molecular complexity index is 239. The van der Waals surface area contributed by atoms with Crippen LogP contribution in [0.1, 0.15) is 6.92 Å². The second-order valence-electron chi connectivity index (χ2n) is 2.67. The highest BCUT2D eigenvalue weighted by Crippen LogP contribution is 2.04. The first-order valence-electron chi connectivity index (χ1n) is 3.95. The zero-order chi connectivity index (χ0) is 10.3. The largest absolute Gasteiger partial charge is 0.440 e. The highest BCUT2D eigenvalue weighted by Gasteiger charge is 1.91. The highest BCUT2D eigenvalue weighted by atomic mass is 16.5. The zero-order valence-electron chi connectivity index (χ0n) is 8.45. The van der Waals surface area contributed by atoms with Crippen LogP contribution in [0, 0.1) is 0 Å². The van der Waals surface area contributed by atoms with Gasteiger partial charge in [-0.2, -0.15) is 0 Å². The Morgan fingerprint density at radius 2 is 2.00 bits per heavy atom. The van der Waals surface area contributed by atoms with Gasteiger partial charge in [0, 0.05) is 14.1 Å². The van der Waals surface area contributed by atoms with Gasteiger partial charge in [-0.15, -0.1) is 0 Å². The molecule has 72 valence electrons. The van der Waals surface area contributed by atoms with E-state index in [1.54, 1.807) is 17.3 Å². The number of aliphatic imine (C=N–C) groups is 1. The van der Waals surface area contributed by atoms with E-state index in [1.807, 2.05) is 27.1 Å². The van der Waals surface area contributed by atoms with Crippen molar-refractivity contribution in [3.63, 3.8) is 0 Å². The van der Waals surface area contributed by atoms with E-state index in [2.05, 4.69) is 18.2 Å². The maximum atomic E-state index is 5.14. The van der Waals surface area contributed by atoms with Crippen molar-refractivity contribution in [3.8, 4) is 0 Å². The summed E-state index contributed by atoms with van der Waals surface area (Å²) in [5.74, 6) is 0.861. The first-order chi connectivity index (χ1) is 6.06. The Balaban J connectivity index is 3.95. The average Bonchev–Trinajstić information content (AvgIpc) is 2.01. The minimum atomic E-state index is 0.330. The smallest absolute Gasteiger partial charge is 0.213 e. The normalized spacial score (nSPS) is 10.7. The molecule has 0 aliphatic carbocycles. The van der Waals surface area contributed by atoms with E-state index in [0.717, 1.165) is 0 Å². The molecule has 3 nitrogen and oxygen atoms in total. The van der Waals surface area contributed by atoms with Crippen LogP contribution in [0.5, 0.6) is 0 Å². The average molecular weight is 180 g/mol. The molecule has 3 heteroatoms. The molecule has 13 heavy (non-hydrogen) atoms. The maximum Gasteiger partial charge on any atom is 0.213 e. The molecule has 0 saturated carbocycles. The van der Waals surface area contributed by atoms with Crippen molar-refractivity contribution in [1.29, 1.82) is 0 Å². The molecule has 0 aromatic heterocycles. The van der Waals surface area contributed by atoms with Crippen LogP contribution in [0.4, 0.5) is 0 Å². The minimum Gasteiger partial charge on any atom is -0.440 e. The van der Waals surface area contributed by atoms with Crippen LogP contribution in [0.15, 0.2) is 41.9 Å². The molecule has 0 unspecified atom stereocenters. The standard InChI is InChI=1S/C10H16N2O/c1-6-7-9(2)13-10(3)11-8-12(4)5/h6-8H,2-3H2,1,4-5H3/b7-6-,11-8-. The van der Waals surface area contributed by atoms with Gasteiger partial charge in [-0.1, -0.05) is 12.7 Å². The van der Waals surface area contributed by atoms with E-state index in [9.17, 15) is 0 Å². The number of nitrogens with zero attached hydrogens (tertiary/aromatic N) is 2. The second kappa shape index (κ2) is 6.06. The number of allylic oxidation sites excluding steroid dienone is 2. The zero-order valence-corrected chi connectivity index (χ0v) is 8.45. The molecule has 0 saturated heterocycles. The second-order valence-corrected chi connectivity index (χ2v) is 2.67. The summed E-state index contributed by atoms with van der Waals surface area (Å²) in [5.41, 5.74) is 0. The summed E-state index contributed by atoms with van der Waals surface area (Å²) in [4.78, 5) is 5.73. The van der Waals surface area contributed by atoms with Crippen molar-refractivity contribution in [2.75, 3.05) is 14.1 Å². The molecular weight excluding hydrogens is 164 g/mol. The fourth-order valence-corrected chi connectivity index (χ4v) is 0.577. The Kier molecular flexibility index (Phi) is 5.35. The molecule has 0 amide bonds. The van der Waals surface area contributed by atoms with Gasteiger partial charge in [-0.05, 0) is 19.6 Å². The predicted molar refractivity (Wildman–Crippen MR) is 56.4 cm³/mol. The van der Waals surface area contributed by atoms with Crippen molar-refractivity contribution in [2.24, 2.45) is 4.99 Å². The Morgan fingerprint density at radius 3 is 2.46 bits per heavy atom. The number of ether oxygens (including phenoxy) is 1. The molecule has 0 radical (unpaired) electrons. The SMILES string of the molecule is C=C(/C=C\C)OC(=C)/N=C\N(C)C. The van der Waals surface area contributed by atoms with Gasteiger partial charge >= 0.3 is 0 Å². The molecule has 0 spiro atoms. The van der Waals surface area contributed by atoms with Crippen molar-refractivity contribution < 1.29 is 4.74 Å². The molecule has 0 aliphatic rings. The van der Waals surface area contributed by atoms with E-state index in [4.69, 9.17) is 4.74 Å². The molecule has 0 N–H and O–H groups in total. The van der Waals surface area contributed by atoms with Gasteiger partial charge in [0.05, 0.1) is 6.34 Å². The molecule has 0 aromatic carbocycles. The lowest BCUT2D eigenvalue weighted by Gasteiger charge is -2.05. The lowest BCUT2D eigenvalue weighted by Crippen LogP contribution is -2.07. The topological polar surface area (TPSA) is 24.8 Å². The maximum absolute atomic E-state index is 5.14. The van der Waals surface area contributed by atoms with Crippen LogP contribution in [0.2, 0.25) is 0 Å². The monoisotopic (exact) mass is 180 g/mol. The third-order valence-corrected chi connectivity index (χ3v) is 1.03. The van der Waals surface area contributed by atoms with E-state index in [-0.39, 0.29) is 0 Å². The molecule has 0 aliphatic heterocycles. The fourth-order valence-electron chi connectivity index (χ4n) is 0.577. The van der Waals surface area contributed by atoms with Crippen LogP contribution < -0.4 is 0 Å². The van der Waals surface area contributed by atoms with E-state index >= 15 is 0 Å². The lowest BCUT2D eigenvalue weighted by molar-refractivity contribution is 0.320. The lowest BCUT2D eigenvalue weighted by atomic mass is 10.5. The van der Waals surface area contributed by atoms with Crippen molar-refractivity contribution >= 4 is 6.34 Å². The Hall–Kier alpha value is -1.51. The summed E-state index contributed by atoms with van der Waals surface area (Å²) >= 11 is 0.